The summed E-state index contributed by atoms with van der Waals surface area (Å²) in [6.07, 6.45) is 2.80. The Hall–Kier alpha value is -1.96. The maximum atomic E-state index is 11.8. The molecule has 0 saturated carbocycles. The predicted molar refractivity (Wildman–Crippen MR) is 66.7 cm³/mol. The number of hydrogen-bond donors (Lipinski definition) is 2. The van der Waals surface area contributed by atoms with Gasteiger partial charge in [-0.3, -0.25) is 9.59 Å². The fourth-order valence-corrected chi connectivity index (χ4v) is 2.06. The SMILES string of the molecule is CN1CC(NC(=O)Cn2cc(CN)nn2)CCC1=O. The normalized spacial score (nSPS) is 19.6. The molecule has 0 aromatic carbocycles. The first-order chi connectivity index (χ1) is 9.08. The molecule has 1 aromatic heterocycles. The Morgan fingerprint density at radius 2 is 2.42 bits per heavy atom. The van der Waals surface area contributed by atoms with Crippen LogP contribution in [0, 0.1) is 0 Å². The van der Waals surface area contributed by atoms with E-state index in [-0.39, 0.29) is 24.4 Å². The molecule has 1 saturated heterocycles. The summed E-state index contributed by atoms with van der Waals surface area (Å²) in [5.41, 5.74) is 6.07. The molecule has 1 aliphatic heterocycles. The number of likely N-dealkylation sites (tertiary alicyclic amines) is 1. The van der Waals surface area contributed by atoms with Crippen molar-refractivity contribution in [3.05, 3.63) is 11.9 Å². The Balaban J connectivity index is 1.82. The summed E-state index contributed by atoms with van der Waals surface area (Å²) in [7, 11) is 1.74. The molecule has 1 atom stereocenters. The van der Waals surface area contributed by atoms with Crippen LogP contribution in [0.5, 0.6) is 0 Å². The van der Waals surface area contributed by atoms with Crippen molar-refractivity contribution < 1.29 is 9.59 Å². The summed E-state index contributed by atoms with van der Waals surface area (Å²) in [4.78, 5) is 24.8. The van der Waals surface area contributed by atoms with Gasteiger partial charge in [0, 0.05) is 32.6 Å². The number of aromatic nitrogens is 3. The molecule has 2 heterocycles. The first-order valence-electron chi connectivity index (χ1n) is 6.21. The number of nitrogens with two attached hydrogens (primary N) is 1. The van der Waals surface area contributed by atoms with Gasteiger partial charge < -0.3 is 16.0 Å². The number of likely N-dealkylation sites (N-methyl/N-ethyl adjacent to an activating group) is 1. The Bertz CT molecular complexity index is 472. The fourth-order valence-electron chi connectivity index (χ4n) is 2.06. The molecule has 2 rings (SSSR count). The number of hydrogen-bond acceptors (Lipinski definition) is 5. The van der Waals surface area contributed by atoms with Crippen molar-refractivity contribution in [2.24, 2.45) is 5.73 Å². The van der Waals surface area contributed by atoms with Crippen molar-refractivity contribution in [2.75, 3.05) is 13.6 Å². The summed E-state index contributed by atoms with van der Waals surface area (Å²) < 4.78 is 1.45. The molecule has 1 aliphatic rings. The van der Waals surface area contributed by atoms with Gasteiger partial charge in [0.25, 0.3) is 0 Å². The number of nitrogens with one attached hydrogen (secondary N) is 1. The molecular weight excluding hydrogens is 248 g/mol. The molecular formula is C11H18N6O2. The molecule has 1 fully saturated rings. The Labute approximate surface area is 110 Å². The van der Waals surface area contributed by atoms with Crippen LogP contribution in [0.1, 0.15) is 18.5 Å². The van der Waals surface area contributed by atoms with E-state index in [0.29, 0.717) is 31.6 Å². The van der Waals surface area contributed by atoms with E-state index in [1.165, 1.54) is 4.68 Å². The second-order valence-electron chi connectivity index (χ2n) is 4.69. The van der Waals surface area contributed by atoms with E-state index in [2.05, 4.69) is 15.6 Å². The van der Waals surface area contributed by atoms with E-state index < -0.39 is 0 Å². The van der Waals surface area contributed by atoms with Gasteiger partial charge in [-0.25, -0.2) is 4.68 Å². The van der Waals surface area contributed by atoms with Gasteiger partial charge in [-0.2, -0.15) is 0 Å². The van der Waals surface area contributed by atoms with Gasteiger partial charge in [0.15, 0.2) is 0 Å². The van der Waals surface area contributed by atoms with Crippen LogP contribution >= 0.6 is 0 Å². The van der Waals surface area contributed by atoms with Crippen molar-refractivity contribution in [3.8, 4) is 0 Å². The molecule has 0 spiro atoms. The zero-order valence-corrected chi connectivity index (χ0v) is 10.9. The third-order valence-corrected chi connectivity index (χ3v) is 3.09. The highest BCUT2D eigenvalue weighted by Gasteiger charge is 2.24. The number of carbonyl (C=O) groups is 2. The van der Waals surface area contributed by atoms with Crippen LogP contribution < -0.4 is 11.1 Å². The standard InChI is InChI=1S/C11H18N6O2/c1-16-5-8(2-3-11(16)19)13-10(18)7-17-6-9(4-12)14-15-17/h6,8H,2-5,7,12H2,1H3,(H,13,18). The second kappa shape index (κ2) is 5.79. The van der Waals surface area contributed by atoms with Crippen molar-refractivity contribution in [1.82, 2.24) is 25.2 Å². The van der Waals surface area contributed by atoms with Gasteiger partial charge in [0.2, 0.25) is 11.8 Å². The topological polar surface area (TPSA) is 106 Å². The van der Waals surface area contributed by atoms with E-state index in [1.54, 1.807) is 18.1 Å². The van der Waals surface area contributed by atoms with Gasteiger partial charge in [0.1, 0.15) is 6.54 Å². The summed E-state index contributed by atoms with van der Waals surface area (Å²) in [6, 6.07) is 0.00713. The highest BCUT2D eigenvalue weighted by molar-refractivity contribution is 5.78. The summed E-state index contributed by atoms with van der Waals surface area (Å²) in [5.74, 6) is -0.0180. The zero-order chi connectivity index (χ0) is 13.8. The highest BCUT2D eigenvalue weighted by atomic mass is 16.2. The van der Waals surface area contributed by atoms with Gasteiger partial charge in [0.05, 0.1) is 11.9 Å². The monoisotopic (exact) mass is 266 g/mol. The quantitative estimate of drug-likeness (QED) is 0.688. The number of carbonyl (C=O) groups excluding carboxylic acids is 2. The number of amides is 2. The molecule has 8 heteroatoms. The van der Waals surface area contributed by atoms with Gasteiger partial charge in [-0.1, -0.05) is 5.21 Å². The van der Waals surface area contributed by atoms with Crippen LogP contribution in [0.15, 0.2) is 6.20 Å². The summed E-state index contributed by atoms with van der Waals surface area (Å²) in [6.45, 7) is 0.967. The summed E-state index contributed by atoms with van der Waals surface area (Å²) in [5, 5.41) is 10.5. The van der Waals surface area contributed by atoms with E-state index in [0.717, 1.165) is 0 Å². The molecule has 104 valence electrons. The lowest BCUT2D eigenvalue weighted by Crippen LogP contribution is -2.49. The lowest BCUT2D eigenvalue weighted by atomic mass is 10.1. The molecule has 2 amide bonds. The molecule has 3 N–H and O–H groups in total. The number of piperidine rings is 1. The van der Waals surface area contributed by atoms with Crippen LogP contribution in [0.25, 0.3) is 0 Å². The molecule has 8 nitrogen and oxygen atoms in total. The average molecular weight is 266 g/mol. The minimum atomic E-state index is -0.138. The van der Waals surface area contributed by atoms with E-state index in [1.807, 2.05) is 0 Å². The molecule has 0 aliphatic carbocycles. The smallest absolute Gasteiger partial charge is 0.242 e. The Kier molecular flexibility index (Phi) is 4.10. The van der Waals surface area contributed by atoms with Crippen molar-refractivity contribution in [1.29, 1.82) is 0 Å². The molecule has 1 aromatic rings. The fraction of sp³-hybridized carbons (Fsp3) is 0.636. The molecule has 0 bridgehead atoms. The first-order valence-corrected chi connectivity index (χ1v) is 6.21. The van der Waals surface area contributed by atoms with E-state index in [9.17, 15) is 9.59 Å². The van der Waals surface area contributed by atoms with Crippen LogP contribution in [0.2, 0.25) is 0 Å². The van der Waals surface area contributed by atoms with Crippen LogP contribution in [0.3, 0.4) is 0 Å². The largest absolute Gasteiger partial charge is 0.350 e. The molecule has 0 radical (unpaired) electrons. The van der Waals surface area contributed by atoms with Crippen molar-refractivity contribution in [2.45, 2.75) is 32.0 Å². The predicted octanol–water partition coefficient (Wildman–Crippen LogP) is -1.53. The second-order valence-corrected chi connectivity index (χ2v) is 4.69. The van der Waals surface area contributed by atoms with Crippen molar-refractivity contribution >= 4 is 11.8 Å². The number of nitrogens with zero attached hydrogens (tertiary/aromatic N) is 4. The Morgan fingerprint density at radius 1 is 1.63 bits per heavy atom. The average Bonchev–Trinajstić information content (AvgIpc) is 2.81. The third kappa shape index (κ3) is 3.50. The van der Waals surface area contributed by atoms with Crippen LogP contribution in [-0.2, 0) is 22.7 Å². The van der Waals surface area contributed by atoms with Crippen LogP contribution in [0.4, 0.5) is 0 Å². The zero-order valence-electron chi connectivity index (χ0n) is 10.9. The van der Waals surface area contributed by atoms with Crippen molar-refractivity contribution in [3.63, 3.8) is 0 Å². The van der Waals surface area contributed by atoms with E-state index in [4.69, 9.17) is 5.73 Å². The Morgan fingerprint density at radius 3 is 3.05 bits per heavy atom. The lowest BCUT2D eigenvalue weighted by molar-refractivity contribution is -0.134. The molecule has 1 unspecified atom stereocenters. The van der Waals surface area contributed by atoms with Gasteiger partial charge >= 0.3 is 0 Å². The first kappa shape index (κ1) is 13.5. The molecule has 19 heavy (non-hydrogen) atoms. The maximum Gasteiger partial charge on any atom is 0.242 e. The maximum absolute atomic E-state index is 11.8. The lowest BCUT2D eigenvalue weighted by Gasteiger charge is -2.30. The highest BCUT2D eigenvalue weighted by Crippen LogP contribution is 2.09. The van der Waals surface area contributed by atoms with Crippen LogP contribution in [-0.4, -0.2) is 51.3 Å². The minimum absolute atomic E-state index is 0.00713. The third-order valence-electron chi connectivity index (χ3n) is 3.09. The van der Waals surface area contributed by atoms with Gasteiger partial charge in [-0.15, -0.1) is 5.10 Å². The van der Waals surface area contributed by atoms with Gasteiger partial charge in [-0.05, 0) is 6.42 Å². The summed E-state index contributed by atoms with van der Waals surface area (Å²) >= 11 is 0. The minimum Gasteiger partial charge on any atom is -0.350 e. The van der Waals surface area contributed by atoms with E-state index >= 15 is 0 Å². The number of rotatable bonds is 4.